The fourth-order valence-corrected chi connectivity index (χ4v) is 4.01. The highest BCUT2D eigenvalue weighted by atomic mass is 16.5. The van der Waals surface area contributed by atoms with Crippen LogP contribution in [0.4, 0.5) is 0 Å². The van der Waals surface area contributed by atoms with Gasteiger partial charge in [-0.15, -0.1) is 0 Å². The lowest BCUT2D eigenvalue weighted by Gasteiger charge is -2.17. The largest absolute Gasteiger partial charge is 0.497 e. The van der Waals surface area contributed by atoms with Gasteiger partial charge in [-0.1, -0.05) is 6.42 Å². The fraction of sp³-hybridized carbons (Fsp3) is 0.304. The molecule has 0 amide bonds. The number of hydrogen-bond donors (Lipinski definition) is 3. The molecule has 4 aromatic rings. The van der Waals surface area contributed by atoms with Gasteiger partial charge in [0.1, 0.15) is 11.5 Å². The highest BCUT2D eigenvalue weighted by molar-refractivity contribution is 5.89. The summed E-state index contributed by atoms with van der Waals surface area (Å²) in [4.78, 5) is 6.81. The van der Waals surface area contributed by atoms with Crippen LogP contribution in [0.3, 0.4) is 0 Å². The maximum absolute atomic E-state index is 9.28. The van der Waals surface area contributed by atoms with Crippen LogP contribution in [0.5, 0.6) is 11.5 Å². The normalized spacial score (nSPS) is 11.6. The van der Waals surface area contributed by atoms with Crippen molar-refractivity contribution >= 4 is 21.8 Å². The molecule has 0 unspecified atom stereocenters. The molecule has 2 aromatic heterocycles. The zero-order chi connectivity index (χ0) is 19.5. The lowest BCUT2D eigenvalue weighted by atomic mass is 9.86. The zero-order valence-electron chi connectivity index (χ0n) is 16.3. The van der Waals surface area contributed by atoms with Crippen LogP contribution in [0.1, 0.15) is 36.3 Å². The van der Waals surface area contributed by atoms with Crippen LogP contribution in [-0.2, 0) is 0 Å². The molecule has 0 spiro atoms. The molecule has 0 radical (unpaired) electrons. The van der Waals surface area contributed by atoms with Gasteiger partial charge in [0.15, 0.2) is 0 Å². The molecule has 0 fully saturated rings. The first-order chi connectivity index (χ1) is 13.7. The number of nitrogens with one attached hydrogen (secondary N) is 2. The molecule has 4 rings (SSSR count). The van der Waals surface area contributed by atoms with Crippen LogP contribution in [-0.4, -0.2) is 35.9 Å². The Labute approximate surface area is 164 Å². The third-order valence-electron chi connectivity index (χ3n) is 5.49. The van der Waals surface area contributed by atoms with Crippen molar-refractivity contribution in [3.05, 3.63) is 59.9 Å². The van der Waals surface area contributed by atoms with E-state index in [1.54, 1.807) is 14.2 Å². The average Bonchev–Trinajstić information content (AvgIpc) is 3.34. The SMILES string of the molecule is COc1ccc2[nH]cc(C(CCCCO)c3c[nH]c4ccc(OC)cc34)c2c1. The first kappa shape index (κ1) is 18.4. The summed E-state index contributed by atoms with van der Waals surface area (Å²) in [6.07, 6.45) is 6.91. The van der Waals surface area contributed by atoms with Crippen molar-refractivity contribution in [3.63, 3.8) is 0 Å². The predicted octanol–water partition coefficient (Wildman–Crippen LogP) is 4.96. The number of fused-ring (bicyclic) bond motifs is 2. The molecule has 28 heavy (non-hydrogen) atoms. The number of benzene rings is 2. The minimum atomic E-state index is 0.202. The quantitative estimate of drug-likeness (QED) is 0.380. The third-order valence-corrected chi connectivity index (χ3v) is 5.49. The Bertz CT molecular complexity index is 998. The first-order valence-corrected chi connectivity index (χ1v) is 9.66. The number of aliphatic hydroxyl groups excluding tert-OH is 1. The van der Waals surface area contributed by atoms with Gasteiger partial charge in [0.2, 0.25) is 0 Å². The van der Waals surface area contributed by atoms with E-state index in [0.717, 1.165) is 41.8 Å². The number of aromatic amines is 2. The van der Waals surface area contributed by atoms with Gasteiger partial charge in [-0.2, -0.15) is 0 Å². The van der Waals surface area contributed by atoms with E-state index in [-0.39, 0.29) is 12.5 Å². The van der Waals surface area contributed by atoms with Gasteiger partial charge >= 0.3 is 0 Å². The Morgan fingerprint density at radius 1 is 0.821 bits per heavy atom. The van der Waals surface area contributed by atoms with E-state index >= 15 is 0 Å². The Kier molecular flexibility index (Phi) is 5.26. The highest BCUT2D eigenvalue weighted by Crippen LogP contribution is 2.39. The van der Waals surface area contributed by atoms with Crippen LogP contribution >= 0.6 is 0 Å². The number of rotatable bonds is 8. The maximum Gasteiger partial charge on any atom is 0.119 e. The maximum atomic E-state index is 9.28. The summed E-state index contributed by atoms with van der Waals surface area (Å²) in [7, 11) is 3.39. The van der Waals surface area contributed by atoms with Gasteiger partial charge in [0.25, 0.3) is 0 Å². The number of ether oxygens (including phenoxy) is 2. The van der Waals surface area contributed by atoms with E-state index in [0.29, 0.717) is 0 Å². The molecule has 0 bridgehead atoms. The van der Waals surface area contributed by atoms with E-state index in [2.05, 4.69) is 46.6 Å². The van der Waals surface area contributed by atoms with Crippen molar-refractivity contribution in [1.82, 2.24) is 9.97 Å². The molecule has 2 heterocycles. The second-order valence-corrected chi connectivity index (χ2v) is 7.08. The number of methoxy groups -OCH3 is 2. The van der Waals surface area contributed by atoms with Crippen LogP contribution in [0.2, 0.25) is 0 Å². The lowest BCUT2D eigenvalue weighted by molar-refractivity contribution is 0.282. The summed E-state index contributed by atoms with van der Waals surface area (Å²) in [5.74, 6) is 1.90. The van der Waals surface area contributed by atoms with Gasteiger partial charge in [0, 0.05) is 46.7 Å². The van der Waals surface area contributed by atoms with Gasteiger partial charge in [-0.25, -0.2) is 0 Å². The molecule has 5 heteroatoms. The number of hydrogen-bond acceptors (Lipinski definition) is 3. The molecule has 0 aliphatic rings. The number of aliphatic hydroxyl groups is 1. The van der Waals surface area contributed by atoms with Crippen molar-refractivity contribution in [2.24, 2.45) is 0 Å². The summed E-state index contributed by atoms with van der Waals surface area (Å²) < 4.78 is 10.9. The Hall–Kier alpha value is -2.92. The minimum Gasteiger partial charge on any atom is -0.497 e. The van der Waals surface area contributed by atoms with E-state index in [4.69, 9.17) is 9.47 Å². The Morgan fingerprint density at radius 2 is 1.36 bits per heavy atom. The number of unbranched alkanes of at least 4 members (excludes halogenated alkanes) is 1. The lowest BCUT2D eigenvalue weighted by Crippen LogP contribution is -2.01. The monoisotopic (exact) mass is 378 g/mol. The van der Waals surface area contributed by atoms with Gasteiger partial charge in [0.05, 0.1) is 14.2 Å². The summed E-state index contributed by atoms with van der Waals surface area (Å²) >= 11 is 0. The van der Waals surface area contributed by atoms with Crippen LogP contribution in [0.25, 0.3) is 21.8 Å². The highest BCUT2D eigenvalue weighted by Gasteiger charge is 2.21. The van der Waals surface area contributed by atoms with Crippen molar-refractivity contribution in [2.45, 2.75) is 25.2 Å². The second kappa shape index (κ2) is 7.98. The summed E-state index contributed by atoms with van der Waals surface area (Å²) in [5.41, 5.74) is 4.69. The molecule has 5 nitrogen and oxygen atoms in total. The second-order valence-electron chi connectivity index (χ2n) is 7.08. The molecule has 0 aliphatic heterocycles. The Balaban J connectivity index is 1.84. The molecule has 0 saturated heterocycles. The van der Waals surface area contributed by atoms with Gasteiger partial charge in [-0.3, -0.25) is 0 Å². The molecule has 0 aliphatic carbocycles. The predicted molar refractivity (Wildman–Crippen MR) is 112 cm³/mol. The number of aromatic nitrogens is 2. The number of H-pyrrole nitrogens is 2. The van der Waals surface area contributed by atoms with Crippen molar-refractivity contribution in [2.75, 3.05) is 20.8 Å². The van der Waals surface area contributed by atoms with Crippen molar-refractivity contribution < 1.29 is 14.6 Å². The van der Waals surface area contributed by atoms with Crippen LogP contribution < -0.4 is 9.47 Å². The Morgan fingerprint density at radius 3 is 1.82 bits per heavy atom. The van der Waals surface area contributed by atoms with E-state index in [1.165, 1.54) is 21.9 Å². The van der Waals surface area contributed by atoms with E-state index in [1.807, 2.05) is 12.1 Å². The fourth-order valence-electron chi connectivity index (χ4n) is 4.01. The first-order valence-electron chi connectivity index (χ1n) is 9.66. The molecular formula is C23H26N2O3. The van der Waals surface area contributed by atoms with Gasteiger partial charge < -0.3 is 24.5 Å². The van der Waals surface area contributed by atoms with Crippen LogP contribution in [0, 0.1) is 0 Å². The molecule has 2 aromatic carbocycles. The molecule has 0 saturated carbocycles. The molecule has 3 N–H and O–H groups in total. The topological polar surface area (TPSA) is 70.3 Å². The van der Waals surface area contributed by atoms with Crippen LogP contribution in [0.15, 0.2) is 48.8 Å². The smallest absolute Gasteiger partial charge is 0.119 e. The summed E-state index contributed by atoms with van der Waals surface area (Å²) in [5, 5.41) is 11.6. The van der Waals surface area contributed by atoms with E-state index in [9.17, 15) is 5.11 Å². The van der Waals surface area contributed by atoms with E-state index < -0.39 is 0 Å². The molecular weight excluding hydrogens is 352 g/mol. The van der Waals surface area contributed by atoms with Crippen molar-refractivity contribution in [3.8, 4) is 11.5 Å². The molecule has 0 atom stereocenters. The summed E-state index contributed by atoms with van der Waals surface area (Å²) in [6.45, 7) is 0.218. The van der Waals surface area contributed by atoms with Crippen molar-refractivity contribution in [1.29, 1.82) is 0 Å². The average molecular weight is 378 g/mol. The zero-order valence-corrected chi connectivity index (χ0v) is 16.3. The summed E-state index contributed by atoms with van der Waals surface area (Å²) in [6, 6.07) is 12.2. The minimum absolute atomic E-state index is 0.202. The standard InChI is InChI=1S/C23H26N2O3/c1-27-15-6-8-22-18(11-15)20(13-24-22)17(5-3-4-10-26)21-14-25-23-9-7-16(28-2)12-19(21)23/h6-9,11-14,17,24-26H,3-5,10H2,1-2H3. The van der Waals surface area contributed by atoms with Gasteiger partial charge in [-0.05, 0) is 60.4 Å². The molecule has 146 valence electrons. The third kappa shape index (κ3) is 3.34.